The van der Waals surface area contributed by atoms with Crippen LogP contribution in [0.1, 0.15) is 168 Å². The van der Waals surface area contributed by atoms with Crippen molar-refractivity contribution in [3.8, 4) is 0 Å². The van der Waals surface area contributed by atoms with Gasteiger partial charge in [-0.3, -0.25) is 9.59 Å². The van der Waals surface area contributed by atoms with E-state index in [9.17, 15) is 9.59 Å². The van der Waals surface area contributed by atoms with E-state index in [1.807, 2.05) is 0 Å². The zero-order valence-electron chi connectivity index (χ0n) is 26.7. The van der Waals surface area contributed by atoms with E-state index in [0.29, 0.717) is 39.3 Å². The quantitative estimate of drug-likeness (QED) is 0.0578. The molecule has 0 rings (SSSR count). The highest BCUT2D eigenvalue weighted by atomic mass is 16.6. The maximum Gasteiger partial charge on any atom is 0.305 e. The van der Waals surface area contributed by atoms with E-state index < -0.39 is 0 Å². The largest absolute Gasteiger partial charge is 0.463 e. The lowest BCUT2D eigenvalue weighted by molar-refractivity contribution is -0.147. The first-order chi connectivity index (χ1) is 19.7. The summed E-state index contributed by atoms with van der Waals surface area (Å²) < 4.78 is 21.3. The summed E-state index contributed by atoms with van der Waals surface area (Å²) in [4.78, 5) is 23.6. The minimum Gasteiger partial charge on any atom is -0.463 e. The maximum atomic E-state index is 11.8. The smallest absolute Gasteiger partial charge is 0.305 e. The molecule has 0 aromatic rings. The summed E-state index contributed by atoms with van der Waals surface area (Å²) in [5.74, 6) is -0.267. The van der Waals surface area contributed by atoms with E-state index in [2.05, 4.69) is 13.8 Å². The fourth-order valence-corrected chi connectivity index (χ4v) is 4.76. The minimum absolute atomic E-state index is 0.134. The van der Waals surface area contributed by atoms with E-state index in [1.165, 1.54) is 116 Å². The highest BCUT2D eigenvalue weighted by Gasteiger charge is 2.04. The van der Waals surface area contributed by atoms with Crippen LogP contribution in [0.5, 0.6) is 0 Å². The predicted octanol–water partition coefficient (Wildman–Crippen LogP) is 9.51. The molecule has 0 unspecified atom stereocenters. The monoisotopic (exact) mass is 570 g/mol. The molecule has 0 aromatic carbocycles. The molecule has 40 heavy (non-hydrogen) atoms. The van der Waals surface area contributed by atoms with Gasteiger partial charge < -0.3 is 18.9 Å². The lowest BCUT2D eigenvalue weighted by atomic mass is 10.1. The lowest BCUT2D eigenvalue weighted by Crippen LogP contribution is -2.15. The number of unbranched alkanes of at least 4 members (excludes halogenated alkanes) is 20. The van der Waals surface area contributed by atoms with Crippen LogP contribution in [0.25, 0.3) is 0 Å². The van der Waals surface area contributed by atoms with Gasteiger partial charge in [-0.05, 0) is 12.8 Å². The van der Waals surface area contributed by atoms with Crippen LogP contribution in [0.15, 0.2) is 0 Å². The van der Waals surface area contributed by atoms with E-state index in [4.69, 9.17) is 18.9 Å². The number of rotatable bonds is 33. The van der Waals surface area contributed by atoms with Gasteiger partial charge in [0.1, 0.15) is 13.2 Å². The number of hydrogen-bond acceptors (Lipinski definition) is 6. The number of hydrogen-bond donors (Lipinski definition) is 0. The van der Waals surface area contributed by atoms with Crippen molar-refractivity contribution in [1.29, 1.82) is 0 Å². The van der Waals surface area contributed by atoms with Gasteiger partial charge in [-0.2, -0.15) is 0 Å². The van der Waals surface area contributed by atoms with Gasteiger partial charge in [0, 0.05) is 12.8 Å². The van der Waals surface area contributed by atoms with Crippen LogP contribution >= 0.6 is 0 Å². The SMILES string of the molecule is CCCCCCCCCCCCCC(=O)OCCOCCOCCOC(=O)CCCCCCCCCCCCC. The Hall–Kier alpha value is -1.14. The predicted molar refractivity (Wildman–Crippen MR) is 166 cm³/mol. The number of carbonyl (C=O) groups is 2. The van der Waals surface area contributed by atoms with Gasteiger partial charge in [0.05, 0.1) is 26.4 Å². The number of carbonyl (C=O) groups excluding carboxylic acids is 2. The summed E-state index contributed by atoms with van der Waals surface area (Å²) >= 11 is 0. The molecule has 0 bridgehead atoms. The van der Waals surface area contributed by atoms with Gasteiger partial charge in [-0.25, -0.2) is 0 Å². The Morgan fingerprint density at radius 3 is 0.900 bits per heavy atom. The Bertz CT molecular complexity index is 479. The molecule has 0 radical (unpaired) electrons. The molecule has 0 aliphatic heterocycles. The van der Waals surface area contributed by atoms with Crippen molar-refractivity contribution in [2.45, 2.75) is 168 Å². The zero-order valence-corrected chi connectivity index (χ0v) is 26.7. The Balaban J connectivity index is 3.23. The third-order valence-corrected chi connectivity index (χ3v) is 7.32. The molecule has 0 aliphatic carbocycles. The first-order valence-electron chi connectivity index (χ1n) is 17.2. The van der Waals surface area contributed by atoms with Crippen molar-refractivity contribution >= 4 is 11.9 Å². The van der Waals surface area contributed by atoms with Crippen molar-refractivity contribution in [3.63, 3.8) is 0 Å². The lowest BCUT2D eigenvalue weighted by Gasteiger charge is -2.08. The fraction of sp³-hybridized carbons (Fsp3) is 0.941. The minimum atomic E-state index is -0.134. The highest BCUT2D eigenvalue weighted by molar-refractivity contribution is 5.69. The van der Waals surface area contributed by atoms with Gasteiger partial charge in [0.2, 0.25) is 0 Å². The Kier molecular flexibility index (Phi) is 33.1. The summed E-state index contributed by atoms with van der Waals surface area (Å²) in [6.45, 7) is 6.70. The van der Waals surface area contributed by atoms with Crippen molar-refractivity contribution in [3.05, 3.63) is 0 Å². The van der Waals surface area contributed by atoms with Crippen molar-refractivity contribution in [2.24, 2.45) is 0 Å². The Morgan fingerprint density at radius 1 is 0.350 bits per heavy atom. The second kappa shape index (κ2) is 34.1. The second-order valence-electron chi connectivity index (χ2n) is 11.2. The molecule has 0 aliphatic rings. The second-order valence-corrected chi connectivity index (χ2v) is 11.2. The van der Waals surface area contributed by atoms with Gasteiger partial charge in [0.15, 0.2) is 0 Å². The van der Waals surface area contributed by atoms with Crippen LogP contribution in [-0.2, 0) is 28.5 Å². The average molecular weight is 571 g/mol. The van der Waals surface area contributed by atoms with E-state index in [1.54, 1.807) is 0 Å². The normalized spacial score (nSPS) is 11.2. The molecule has 6 nitrogen and oxygen atoms in total. The van der Waals surface area contributed by atoms with Crippen LogP contribution in [0.4, 0.5) is 0 Å². The van der Waals surface area contributed by atoms with Crippen LogP contribution in [0.2, 0.25) is 0 Å². The average Bonchev–Trinajstić information content (AvgIpc) is 2.95. The number of esters is 2. The van der Waals surface area contributed by atoms with Crippen molar-refractivity contribution < 1.29 is 28.5 Å². The van der Waals surface area contributed by atoms with Crippen LogP contribution in [0.3, 0.4) is 0 Å². The molecule has 0 spiro atoms. The van der Waals surface area contributed by atoms with E-state index in [-0.39, 0.29) is 25.2 Å². The van der Waals surface area contributed by atoms with Crippen LogP contribution in [0, 0.1) is 0 Å². The van der Waals surface area contributed by atoms with E-state index in [0.717, 1.165) is 25.7 Å². The molecule has 0 aromatic heterocycles. The summed E-state index contributed by atoms with van der Waals surface area (Å²) in [6, 6.07) is 0. The molecule has 0 atom stereocenters. The Labute approximate surface area is 248 Å². The van der Waals surface area contributed by atoms with Crippen LogP contribution < -0.4 is 0 Å². The molecule has 0 saturated heterocycles. The van der Waals surface area contributed by atoms with Gasteiger partial charge >= 0.3 is 11.9 Å². The summed E-state index contributed by atoms with van der Waals surface area (Å²) in [5.41, 5.74) is 0. The summed E-state index contributed by atoms with van der Waals surface area (Å²) in [6.07, 6.45) is 29.0. The third kappa shape index (κ3) is 33.1. The van der Waals surface area contributed by atoms with Crippen molar-refractivity contribution in [2.75, 3.05) is 39.6 Å². The van der Waals surface area contributed by atoms with Crippen molar-refractivity contribution in [1.82, 2.24) is 0 Å². The van der Waals surface area contributed by atoms with E-state index >= 15 is 0 Å². The first-order valence-corrected chi connectivity index (χ1v) is 17.2. The third-order valence-electron chi connectivity index (χ3n) is 7.32. The standard InChI is InChI=1S/C34H66O6/c1-3-5-7-9-11-13-15-17-19-21-23-25-33(35)39-31-29-37-27-28-38-30-32-40-34(36)26-24-22-20-18-16-14-12-10-8-6-4-2/h3-32H2,1-2H3. The zero-order chi connectivity index (χ0) is 29.2. The highest BCUT2D eigenvalue weighted by Crippen LogP contribution is 2.13. The molecule has 6 heteroatoms. The molecule has 0 fully saturated rings. The summed E-state index contributed by atoms with van der Waals surface area (Å²) in [5, 5.41) is 0. The van der Waals surface area contributed by atoms with Gasteiger partial charge in [-0.1, -0.05) is 142 Å². The molecular formula is C34H66O6. The van der Waals surface area contributed by atoms with Gasteiger partial charge in [-0.15, -0.1) is 0 Å². The number of ether oxygens (including phenoxy) is 4. The van der Waals surface area contributed by atoms with Gasteiger partial charge in [0.25, 0.3) is 0 Å². The molecule has 0 amide bonds. The first kappa shape index (κ1) is 38.9. The Morgan fingerprint density at radius 2 is 0.600 bits per heavy atom. The summed E-state index contributed by atoms with van der Waals surface area (Å²) in [7, 11) is 0. The molecule has 238 valence electrons. The maximum absolute atomic E-state index is 11.8. The molecule has 0 heterocycles. The molecule has 0 saturated carbocycles. The molecule has 0 N–H and O–H groups in total. The fourth-order valence-electron chi connectivity index (χ4n) is 4.76. The topological polar surface area (TPSA) is 71.1 Å². The molecular weight excluding hydrogens is 504 g/mol. The van der Waals surface area contributed by atoms with Crippen LogP contribution in [-0.4, -0.2) is 51.6 Å².